The lowest BCUT2D eigenvalue weighted by molar-refractivity contribution is 0.553. The average Bonchev–Trinajstić information content (AvgIpc) is 2.61. The Labute approximate surface area is 96.7 Å². The van der Waals surface area contributed by atoms with E-state index in [1.807, 2.05) is 0 Å². The van der Waals surface area contributed by atoms with Gasteiger partial charge in [0.25, 0.3) is 0 Å². The molecule has 0 spiro atoms. The van der Waals surface area contributed by atoms with Gasteiger partial charge in [0.15, 0.2) is 12.0 Å². The molecule has 2 rings (SSSR count). The Kier molecular flexibility index (Phi) is 2.53. The highest BCUT2D eigenvalue weighted by molar-refractivity contribution is 5.78. The minimum absolute atomic E-state index is 0.0860. The second-order valence-electron chi connectivity index (χ2n) is 5.67. The van der Waals surface area contributed by atoms with E-state index in [-0.39, 0.29) is 5.41 Å². The molecule has 0 aliphatic carbocycles. The first-order valence-corrected chi connectivity index (χ1v) is 5.77. The number of hydrogen-bond donors (Lipinski definition) is 0. The average molecular weight is 217 g/mol. The van der Waals surface area contributed by atoms with Crippen LogP contribution in [-0.2, 0) is 5.41 Å². The summed E-state index contributed by atoms with van der Waals surface area (Å²) in [6.45, 7) is 11.0. The smallest absolute Gasteiger partial charge is 0.181 e. The van der Waals surface area contributed by atoms with Gasteiger partial charge in [-0.25, -0.2) is 4.98 Å². The van der Waals surface area contributed by atoms with Gasteiger partial charge in [-0.15, -0.1) is 0 Å². The zero-order valence-corrected chi connectivity index (χ0v) is 10.7. The van der Waals surface area contributed by atoms with Gasteiger partial charge < -0.3 is 4.42 Å². The van der Waals surface area contributed by atoms with Crippen molar-refractivity contribution in [3.63, 3.8) is 0 Å². The molecule has 0 bridgehead atoms. The van der Waals surface area contributed by atoms with Gasteiger partial charge in [-0.05, 0) is 23.0 Å². The minimum Gasteiger partial charge on any atom is -0.443 e. The normalized spacial score (nSPS) is 12.6. The van der Waals surface area contributed by atoms with Crippen molar-refractivity contribution >= 4 is 11.1 Å². The maximum Gasteiger partial charge on any atom is 0.181 e. The van der Waals surface area contributed by atoms with Crippen molar-refractivity contribution in [2.24, 2.45) is 0 Å². The van der Waals surface area contributed by atoms with Crippen molar-refractivity contribution in [1.29, 1.82) is 0 Å². The number of aromatic nitrogens is 1. The van der Waals surface area contributed by atoms with Crippen molar-refractivity contribution < 1.29 is 4.42 Å². The lowest BCUT2D eigenvalue weighted by Crippen LogP contribution is -2.12. The third-order valence-electron chi connectivity index (χ3n) is 2.93. The fraction of sp³-hybridized carbons (Fsp3) is 0.500. The van der Waals surface area contributed by atoms with Crippen LogP contribution in [0.1, 0.15) is 51.7 Å². The lowest BCUT2D eigenvalue weighted by atomic mass is 9.84. The van der Waals surface area contributed by atoms with Crippen LogP contribution in [0, 0.1) is 0 Å². The monoisotopic (exact) mass is 217 g/mol. The number of nitrogens with zero attached hydrogens (tertiary/aromatic N) is 1. The molecule has 1 aromatic carbocycles. The Morgan fingerprint density at radius 3 is 2.44 bits per heavy atom. The molecule has 86 valence electrons. The summed E-state index contributed by atoms with van der Waals surface area (Å²) in [5.41, 5.74) is 4.55. The van der Waals surface area contributed by atoms with Gasteiger partial charge in [-0.2, -0.15) is 0 Å². The van der Waals surface area contributed by atoms with Crippen LogP contribution in [0.15, 0.2) is 22.9 Å². The Balaban J connectivity index is 2.74. The third kappa shape index (κ3) is 1.84. The van der Waals surface area contributed by atoms with Crippen molar-refractivity contribution in [3.05, 3.63) is 29.7 Å². The summed E-state index contributed by atoms with van der Waals surface area (Å²) in [7, 11) is 0. The van der Waals surface area contributed by atoms with Gasteiger partial charge in [0.1, 0.15) is 5.52 Å². The molecule has 2 heteroatoms. The molecule has 2 nitrogen and oxygen atoms in total. The summed E-state index contributed by atoms with van der Waals surface area (Å²) in [5.74, 6) is 0.516. The number of hydrogen-bond acceptors (Lipinski definition) is 2. The van der Waals surface area contributed by atoms with E-state index >= 15 is 0 Å². The van der Waals surface area contributed by atoms with E-state index in [9.17, 15) is 0 Å². The van der Waals surface area contributed by atoms with E-state index in [1.54, 1.807) is 0 Å². The van der Waals surface area contributed by atoms with Crippen LogP contribution < -0.4 is 0 Å². The van der Waals surface area contributed by atoms with Gasteiger partial charge in [0, 0.05) is 5.56 Å². The second kappa shape index (κ2) is 3.62. The first-order chi connectivity index (χ1) is 7.39. The van der Waals surface area contributed by atoms with Crippen molar-refractivity contribution in [3.8, 4) is 0 Å². The van der Waals surface area contributed by atoms with E-state index < -0.39 is 0 Å². The second-order valence-corrected chi connectivity index (χ2v) is 5.67. The summed E-state index contributed by atoms with van der Waals surface area (Å²) in [5, 5.41) is 0. The minimum atomic E-state index is 0.0860. The van der Waals surface area contributed by atoms with E-state index in [0.717, 1.165) is 11.1 Å². The Bertz CT molecular complexity index is 503. The maximum atomic E-state index is 5.50. The van der Waals surface area contributed by atoms with E-state index in [1.165, 1.54) is 17.5 Å². The molecule has 0 fully saturated rings. The van der Waals surface area contributed by atoms with Crippen LogP contribution >= 0.6 is 0 Å². The van der Waals surface area contributed by atoms with Gasteiger partial charge in [0.05, 0.1) is 0 Å². The van der Waals surface area contributed by atoms with E-state index in [2.05, 4.69) is 51.7 Å². The fourth-order valence-corrected chi connectivity index (χ4v) is 1.88. The quantitative estimate of drug-likeness (QED) is 0.713. The topological polar surface area (TPSA) is 26.0 Å². The van der Waals surface area contributed by atoms with Crippen molar-refractivity contribution in [2.75, 3.05) is 0 Å². The summed E-state index contributed by atoms with van der Waals surface area (Å²) < 4.78 is 5.50. The van der Waals surface area contributed by atoms with Gasteiger partial charge >= 0.3 is 0 Å². The molecule has 1 heterocycles. The molecule has 0 unspecified atom stereocenters. The molecule has 1 aromatic heterocycles. The molecule has 0 saturated heterocycles. The number of benzene rings is 1. The molecule has 0 aliphatic heterocycles. The van der Waals surface area contributed by atoms with Crippen molar-refractivity contribution in [2.45, 2.75) is 46.0 Å². The highest BCUT2D eigenvalue weighted by Crippen LogP contribution is 2.32. The first-order valence-electron chi connectivity index (χ1n) is 5.77. The SMILES string of the molecule is CC(C)c1cc(C(C)(C)C)c2ocnc2c1. The molecule has 0 N–H and O–H groups in total. The molecular weight excluding hydrogens is 198 g/mol. The highest BCUT2D eigenvalue weighted by atomic mass is 16.3. The van der Waals surface area contributed by atoms with Crippen LogP contribution in [-0.4, -0.2) is 4.98 Å². The highest BCUT2D eigenvalue weighted by Gasteiger charge is 2.21. The molecule has 0 aliphatic rings. The number of fused-ring (bicyclic) bond motifs is 1. The fourth-order valence-electron chi connectivity index (χ4n) is 1.88. The van der Waals surface area contributed by atoms with Crippen LogP contribution in [0.5, 0.6) is 0 Å². The predicted molar refractivity (Wildman–Crippen MR) is 66.8 cm³/mol. The summed E-state index contributed by atoms with van der Waals surface area (Å²) in [4.78, 5) is 4.27. The largest absolute Gasteiger partial charge is 0.443 e. The maximum absolute atomic E-state index is 5.50. The number of rotatable bonds is 1. The Morgan fingerprint density at radius 1 is 1.19 bits per heavy atom. The molecule has 0 radical (unpaired) electrons. The van der Waals surface area contributed by atoms with Gasteiger partial charge in [-0.3, -0.25) is 0 Å². The Hall–Kier alpha value is -1.31. The zero-order chi connectivity index (χ0) is 11.9. The first kappa shape index (κ1) is 11.2. The van der Waals surface area contributed by atoms with Gasteiger partial charge in [0.2, 0.25) is 0 Å². The molecule has 0 atom stereocenters. The van der Waals surface area contributed by atoms with E-state index in [0.29, 0.717) is 5.92 Å². The summed E-state index contributed by atoms with van der Waals surface area (Å²) >= 11 is 0. The molecule has 2 aromatic rings. The molecule has 16 heavy (non-hydrogen) atoms. The molecule has 0 saturated carbocycles. The van der Waals surface area contributed by atoms with Crippen LogP contribution in [0.4, 0.5) is 0 Å². The standard InChI is InChI=1S/C14H19NO/c1-9(2)10-6-11(14(3,4)5)13-12(7-10)15-8-16-13/h6-9H,1-5H3. The van der Waals surface area contributed by atoms with E-state index in [4.69, 9.17) is 4.42 Å². The zero-order valence-electron chi connectivity index (χ0n) is 10.7. The third-order valence-corrected chi connectivity index (χ3v) is 2.93. The molecular formula is C14H19NO. The van der Waals surface area contributed by atoms with Gasteiger partial charge in [-0.1, -0.05) is 40.7 Å². The summed E-state index contributed by atoms with van der Waals surface area (Å²) in [6.07, 6.45) is 1.53. The lowest BCUT2D eigenvalue weighted by Gasteiger charge is -2.20. The molecule has 0 amide bonds. The van der Waals surface area contributed by atoms with Crippen LogP contribution in [0.3, 0.4) is 0 Å². The predicted octanol–water partition coefficient (Wildman–Crippen LogP) is 4.25. The van der Waals surface area contributed by atoms with Crippen molar-refractivity contribution in [1.82, 2.24) is 4.98 Å². The van der Waals surface area contributed by atoms with Crippen LogP contribution in [0.2, 0.25) is 0 Å². The number of oxazole rings is 1. The Morgan fingerprint density at radius 2 is 1.88 bits per heavy atom. The van der Waals surface area contributed by atoms with Crippen LogP contribution in [0.25, 0.3) is 11.1 Å². The summed E-state index contributed by atoms with van der Waals surface area (Å²) in [6, 6.07) is 4.37.